The Bertz CT molecular complexity index is 233. The van der Waals surface area contributed by atoms with E-state index in [0.717, 1.165) is 11.0 Å². The third-order valence-electron chi connectivity index (χ3n) is 1.77. The second-order valence-corrected chi connectivity index (χ2v) is 4.52. The van der Waals surface area contributed by atoms with Gasteiger partial charge in [-0.3, -0.25) is 0 Å². The molecule has 0 radical (unpaired) electrons. The van der Waals surface area contributed by atoms with Crippen molar-refractivity contribution in [1.29, 1.82) is 0 Å². The molecule has 0 amide bonds. The maximum Gasteiger partial charge on any atom is 0.333 e. The van der Waals surface area contributed by atoms with E-state index in [2.05, 4.69) is 29.2 Å². The van der Waals surface area contributed by atoms with Crippen molar-refractivity contribution in [2.75, 3.05) is 50.7 Å². The first kappa shape index (κ1) is 17.8. The number of hydrogen-bond acceptors (Lipinski definition) is 5. The Kier molecular flexibility index (Phi) is 13.1. The first-order chi connectivity index (χ1) is 8.68. The van der Waals surface area contributed by atoms with E-state index >= 15 is 0 Å². The van der Waals surface area contributed by atoms with Gasteiger partial charge in [0.1, 0.15) is 6.61 Å². The highest BCUT2D eigenvalue weighted by Crippen LogP contribution is 1.91. The van der Waals surface area contributed by atoms with Gasteiger partial charge in [-0.2, -0.15) is 0 Å². The van der Waals surface area contributed by atoms with Gasteiger partial charge >= 0.3 is 5.97 Å². The Morgan fingerprint density at radius 1 is 0.944 bits per heavy atom. The number of ether oxygens (including phenoxy) is 4. The van der Waals surface area contributed by atoms with Gasteiger partial charge in [0, 0.05) is 10.0 Å². The van der Waals surface area contributed by atoms with Crippen molar-refractivity contribution in [1.82, 2.24) is 0 Å². The Balaban J connectivity index is 3.07. The van der Waals surface area contributed by atoms with Gasteiger partial charge in [0.2, 0.25) is 0 Å². The number of rotatable bonds is 12. The molecule has 0 unspecified atom stereocenters. The van der Waals surface area contributed by atoms with Gasteiger partial charge in [0.25, 0.3) is 0 Å². The van der Waals surface area contributed by atoms with Gasteiger partial charge in [-0.25, -0.2) is 4.79 Å². The summed E-state index contributed by atoms with van der Waals surface area (Å²) in [4.78, 5) is 11.0. The number of hydrogen-bond donors (Lipinski definition) is 0. The summed E-state index contributed by atoms with van der Waals surface area (Å²) in [6, 6.07) is 0. The molecule has 0 N–H and O–H groups in total. The molecule has 0 fully saturated rings. The molecule has 0 saturated carbocycles. The normalized spacial score (nSPS) is 10.3. The standard InChI is InChI=1S/C12H21IO5/c1-11(2)12(14)18-10-9-17-8-7-16-6-5-15-4-3-13/h1,3-10H2,2H3. The fraction of sp³-hybridized carbons (Fsp3) is 0.750. The third-order valence-corrected chi connectivity index (χ3v) is 2.22. The number of halogens is 1. The Hall–Kier alpha value is -0.180. The zero-order valence-corrected chi connectivity index (χ0v) is 12.9. The molecule has 0 aliphatic heterocycles. The predicted molar refractivity (Wildman–Crippen MR) is 77.1 cm³/mol. The van der Waals surface area contributed by atoms with Crippen LogP contribution in [0.3, 0.4) is 0 Å². The van der Waals surface area contributed by atoms with E-state index in [-0.39, 0.29) is 12.6 Å². The minimum atomic E-state index is -0.387. The highest BCUT2D eigenvalue weighted by Gasteiger charge is 2.01. The van der Waals surface area contributed by atoms with Crippen LogP contribution in [-0.2, 0) is 23.7 Å². The molecule has 5 nitrogen and oxygen atoms in total. The van der Waals surface area contributed by atoms with Crippen LogP contribution in [-0.4, -0.2) is 56.6 Å². The first-order valence-electron chi connectivity index (χ1n) is 5.80. The smallest absolute Gasteiger partial charge is 0.333 e. The summed E-state index contributed by atoms with van der Waals surface area (Å²) in [6.07, 6.45) is 0. The molecule has 106 valence electrons. The average Bonchev–Trinajstić information content (AvgIpc) is 2.35. The molecule has 0 aromatic heterocycles. The lowest BCUT2D eigenvalue weighted by Gasteiger charge is -2.07. The molecular formula is C12H21IO5. The highest BCUT2D eigenvalue weighted by atomic mass is 127. The van der Waals surface area contributed by atoms with Crippen LogP contribution in [0.2, 0.25) is 0 Å². The number of alkyl halides is 1. The van der Waals surface area contributed by atoms with E-state index in [1.807, 2.05) is 0 Å². The van der Waals surface area contributed by atoms with Crippen LogP contribution in [0.5, 0.6) is 0 Å². The Morgan fingerprint density at radius 3 is 1.83 bits per heavy atom. The van der Waals surface area contributed by atoms with Gasteiger partial charge in [0.05, 0.1) is 39.6 Å². The van der Waals surface area contributed by atoms with E-state index in [0.29, 0.717) is 38.6 Å². The molecule has 18 heavy (non-hydrogen) atoms. The van der Waals surface area contributed by atoms with Gasteiger partial charge < -0.3 is 18.9 Å². The molecule has 0 heterocycles. The molecule has 0 aliphatic rings. The summed E-state index contributed by atoms with van der Waals surface area (Å²) in [6.45, 7) is 8.64. The van der Waals surface area contributed by atoms with Gasteiger partial charge in [0.15, 0.2) is 0 Å². The second kappa shape index (κ2) is 13.3. The van der Waals surface area contributed by atoms with Crippen LogP contribution in [0, 0.1) is 0 Å². The second-order valence-electron chi connectivity index (χ2n) is 3.44. The van der Waals surface area contributed by atoms with E-state index in [9.17, 15) is 4.79 Å². The van der Waals surface area contributed by atoms with E-state index in [1.165, 1.54) is 0 Å². The number of carbonyl (C=O) groups excluding carboxylic acids is 1. The molecular weight excluding hydrogens is 351 g/mol. The molecule has 0 bridgehead atoms. The van der Waals surface area contributed by atoms with Crippen molar-refractivity contribution < 1.29 is 23.7 Å². The van der Waals surface area contributed by atoms with Crippen LogP contribution in [0.4, 0.5) is 0 Å². The first-order valence-corrected chi connectivity index (χ1v) is 7.33. The quantitative estimate of drug-likeness (QED) is 0.171. The molecule has 0 spiro atoms. The lowest BCUT2D eigenvalue weighted by molar-refractivity contribution is -0.140. The molecule has 0 saturated heterocycles. The van der Waals surface area contributed by atoms with Gasteiger partial charge in [-0.05, 0) is 6.92 Å². The Labute approximate surface area is 122 Å². The lowest BCUT2D eigenvalue weighted by atomic mass is 10.4. The fourth-order valence-corrected chi connectivity index (χ4v) is 1.22. The Morgan fingerprint density at radius 2 is 1.39 bits per heavy atom. The third kappa shape index (κ3) is 12.3. The summed E-state index contributed by atoms with van der Waals surface area (Å²) >= 11 is 2.26. The average molecular weight is 372 g/mol. The van der Waals surface area contributed by atoms with E-state index < -0.39 is 0 Å². The topological polar surface area (TPSA) is 54.0 Å². The van der Waals surface area contributed by atoms with Crippen LogP contribution >= 0.6 is 22.6 Å². The maximum atomic E-state index is 11.0. The van der Waals surface area contributed by atoms with Crippen molar-refractivity contribution in [3.8, 4) is 0 Å². The molecule has 0 aromatic rings. The molecule has 0 aromatic carbocycles. The molecule has 0 aliphatic carbocycles. The van der Waals surface area contributed by atoms with Crippen molar-refractivity contribution in [3.05, 3.63) is 12.2 Å². The van der Waals surface area contributed by atoms with Crippen molar-refractivity contribution in [2.45, 2.75) is 6.92 Å². The van der Waals surface area contributed by atoms with Crippen LogP contribution in [0.25, 0.3) is 0 Å². The van der Waals surface area contributed by atoms with Crippen molar-refractivity contribution in [3.63, 3.8) is 0 Å². The minimum absolute atomic E-state index is 0.241. The van der Waals surface area contributed by atoms with E-state index in [4.69, 9.17) is 18.9 Å². The SMILES string of the molecule is C=C(C)C(=O)OCCOCCOCCOCCI. The van der Waals surface area contributed by atoms with Crippen LogP contribution in [0.1, 0.15) is 6.92 Å². The van der Waals surface area contributed by atoms with Crippen LogP contribution in [0.15, 0.2) is 12.2 Å². The summed E-state index contributed by atoms with van der Waals surface area (Å²) < 4.78 is 21.6. The summed E-state index contributed by atoms with van der Waals surface area (Å²) in [5.41, 5.74) is 0.393. The summed E-state index contributed by atoms with van der Waals surface area (Å²) in [5.74, 6) is -0.387. The lowest BCUT2D eigenvalue weighted by Crippen LogP contribution is -2.14. The zero-order chi connectivity index (χ0) is 13.6. The largest absolute Gasteiger partial charge is 0.460 e. The van der Waals surface area contributed by atoms with Gasteiger partial charge in [-0.1, -0.05) is 29.2 Å². The van der Waals surface area contributed by atoms with Gasteiger partial charge in [-0.15, -0.1) is 0 Å². The highest BCUT2D eigenvalue weighted by molar-refractivity contribution is 14.1. The number of esters is 1. The fourth-order valence-electron chi connectivity index (χ4n) is 0.913. The monoisotopic (exact) mass is 372 g/mol. The maximum absolute atomic E-state index is 11.0. The molecule has 0 atom stereocenters. The zero-order valence-electron chi connectivity index (χ0n) is 10.8. The number of carbonyl (C=O) groups is 1. The van der Waals surface area contributed by atoms with Crippen LogP contribution < -0.4 is 0 Å². The van der Waals surface area contributed by atoms with Crippen molar-refractivity contribution in [2.24, 2.45) is 0 Å². The molecule has 0 rings (SSSR count). The summed E-state index contributed by atoms with van der Waals surface area (Å²) in [5, 5.41) is 0. The van der Waals surface area contributed by atoms with E-state index in [1.54, 1.807) is 6.92 Å². The van der Waals surface area contributed by atoms with Crippen molar-refractivity contribution >= 4 is 28.6 Å². The minimum Gasteiger partial charge on any atom is -0.460 e. The predicted octanol–water partition coefficient (Wildman–Crippen LogP) is 1.59. The molecule has 6 heteroatoms. The summed E-state index contributed by atoms with van der Waals surface area (Å²) in [7, 11) is 0.